The topological polar surface area (TPSA) is 79.3 Å². The summed E-state index contributed by atoms with van der Waals surface area (Å²) >= 11 is 1.24. The number of carbonyl (C=O) groups is 1. The van der Waals surface area contributed by atoms with Gasteiger partial charge >= 0.3 is 5.97 Å². The van der Waals surface area contributed by atoms with Gasteiger partial charge in [0.2, 0.25) is 0 Å². The number of benzene rings is 1. The number of thioether (sulfide) groups is 1. The average Bonchev–Trinajstić information content (AvgIpc) is 2.83. The summed E-state index contributed by atoms with van der Waals surface area (Å²) in [6.07, 6.45) is 0. The molecule has 1 aromatic rings. The van der Waals surface area contributed by atoms with Crippen molar-refractivity contribution in [1.29, 1.82) is 5.26 Å². The van der Waals surface area contributed by atoms with Crippen LogP contribution in [0.25, 0.3) is 0 Å². The highest BCUT2D eigenvalue weighted by atomic mass is 32.2. The van der Waals surface area contributed by atoms with E-state index in [1.807, 2.05) is 36.4 Å². The number of anilines is 1. The van der Waals surface area contributed by atoms with Crippen molar-refractivity contribution < 1.29 is 9.53 Å². The smallest absolute Gasteiger partial charge is 0.351 e. The molecule has 2 N–H and O–H groups in total. The Morgan fingerprint density at radius 1 is 1.45 bits per heavy atom. The maximum atomic E-state index is 11.8. The first kappa shape index (κ1) is 14.0. The van der Waals surface area contributed by atoms with Gasteiger partial charge in [0.05, 0.1) is 6.61 Å². The first-order chi connectivity index (χ1) is 9.69. The van der Waals surface area contributed by atoms with Crippen molar-refractivity contribution >= 4 is 23.4 Å². The molecule has 6 heteroatoms. The maximum Gasteiger partial charge on any atom is 0.351 e. The molecule has 0 spiro atoms. The third-order valence-electron chi connectivity index (χ3n) is 2.57. The van der Waals surface area contributed by atoms with Gasteiger partial charge in [0.15, 0.2) is 5.57 Å². The molecule has 1 aliphatic heterocycles. The van der Waals surface area contributed by atoms with Crippen LogP contribution in [0.3, 0.4) is 0 Å². The molecule has 2 rings (SSSR count). The van der Waals surface area contributed by atoms with Crippen LogP contribution in [0.5, 0.6) is 0 Å². The molecule has 0 unspecified atom stereocenters. The minimum absolute atomic E-state index is 0.0441. The molecule has 0 radical (unpaired) electrons. The summed E-state index contributed by atoms with van der Waals surface area (Å²) in [5.74, 6) is -0.172. The molecule has 1 heterocycles. The second-order valence-corrected chi connectivity index (χ2v) is 4.70. The van der Waals surface area contributed by atoms with Crippen LogP contribution >= 0.6 is 11.8 Å². The van der Waals surface area contributed by atoms with Crippen LogP contribution in [0.15, 0.2) is 52.2 Å². The first-order valence-electron chi connectivity index (χ1n) is 5.98. The van der Waals surface area contributed by atoms with Crippen LogP contribution in [-0.4, -0.2) is 12.6 Å². The summed E-state index contributed by atoms with van der Waals surface area (Å²) in [6, 6.07) is 11.2. The number of carbonyl (C=O) groups excluding carboxylic acids is 1. The van der Waals surface area contributed by atoms with Gasteiger partial charge in [0.25, 0.3) is 0 Å². The number of ether oxygens (including phenoxy) is 1. The fourth-order valence-electron chi connectivity index (χ4n) is 1.74. The van der Waals surface area contributed by atoms with Crippen molar-refractivity contribution in [3.63, 3.8) is 0 Å². The summed E-state index contributed by atoms with van der Waals surface area (Å²) in [7, 11) is 0. The molecule has 102 valence electrons. The van der Waals surface area contributed by atoms with Crippen molar-refractivity contribution in [1.82, 2.24) is 0 Å². The average molecular weight is 287 g/mol. The van der Waals surface area contributed by atoms with Crippen LogP contribution in [0, 0.1) is 11.3 Å². The molecule has 1 aliphatic rings. The van der Waals surface area contributed by atoms with Crippen molar-refractivity contribution in [2.75, 3.05) is 11.5 Å². The van der Waals surface area contributed by atoms with Crippen LogP contribution in [0.4, 0.5) is 5.69 Å². The van der Waals surface area contributed by atoms with Crippen LogP contribution in [-0.2, 0) is 9.53 Å². The second kappa shape index (κ2) is 6.17. The lowest BCUT2D eigenvalue weighted by atomic mass is 10.2. The lowest BCUT2D eigenvalue weighted by molar-refractivity contribution is -0.138. The number of hydrogen-bond acceptors (Lipinski definition) is 6. The van der Waals surface area contributed by atoms with Gasteiger partial charge in [-0.15, -0.1) is 0 Å². The largest absolute Gasteiger partial charge is 0.462 e. The van der Waals surface area contributed by atoms with Gasteiger partial charge in [0.1, 0.15) is 16.9 Å². The molecule has 20 heavy (non-hydrogen) atoms. The third kappa shape index (κ3) is 2.63. The molecular formula is C14H13N3O2S. The van der Waals surface area contributed by atoms with Crippen LogP contribution in [0.1, 0.15) is 6.92 Å². The zero-order valence-electron chi connectivity index (χ0n) is 10.9. The molecule has 0 fully saturated rings. The van der Waals surface area contributed by atoms with E-state index < -0.39 is 5.97 Å². The number of nitrogens with zero attached hydrogens (tertiary/aromatic N) is 2. The molecule has 0 bridgehead atoms. The van der Waals surface area contributed by atoms with E-state index >= 15 is 0 Å². The minimum atomic E-state index is -0.637. The van der Waals surface area contributed by atoms with E-state index in [2.05, 4.69) is 0 Å². The van der Waals surface area contributed by atoms with Gasteiger partial charge < -0.3 is 10.5 Å². The Morgan fingerprint density at radius 2 is 2.15 bits per heavy atom. The van der Waals surface area contributed by atoms with E-state index in [1.54, 1.807) is 17.2 Å². The Hall–Kier alpha value is -2.39. The Kier molecular flexibility index (Phi) is 4.33. The highest BCUT2D eigenvalue weighted by molar-refractivity contribution is 8.06. The van der Waals surface area contributed by atoms with E-state index in [9.17, 15) is 10.1 Å². The summed E-state index contributed by atoms with van der Waals surface area (Å²) in [4.78, 5) is 13.5. The highest BCUT2D eigenvalue weighted by Gasteiger charge is 2.28. The Bertz CT molecular complexity index is 617. The summed E-state index contributed by atoms with van der Waals surface area (Å²) in [6.45, 7) is 1.91. The van der Waals surface area contributed by atoms with Crippen molar-refractivity contribution in [3.05, 3.63) is 52.2 Å². The normalized spacial score (nSPS) is 16.4. The Morgan fingerprint density at radius 3 is 2.75 bits per heavy atom. The summed E-state index contributed by atoms with van der Waals surface area (Å²) < 4.78 is 4.90. The van der Waals surface area contributed by atoms with E-state index in [1.165, 1.54) is 11.8 Å². The van der Waals surface area contributed by atoms with Crippen LogP contribution < -0.4 is 10.6 Å². The SMILES string of the molecule is CCOC(=O)C(C#N)=C1SC=C(N)N1c1ccccc1. The quantitative estimate of drug-likeness (QED) is 0.522. The first-order valence-corrected chi connectivity index (χ1v) is 6.86. The van der Waals surface area contributed by atoms with E-state index in [4.69, 9.17) is 10.5 Å². The van der Waals surface area contributed by atoms with E-state index in [-0.39, 0.29) is 12.2 Å². The molecule has 0 saturated heterocycles. The zero-order chi connectivity index (χ0) is 14.5. The molecule has 0 amide bonds. The number of rotatable bonds is 3. The number of esters is 1. The molecule has 0 aromatic heterocycles. The van der Waals surface area contributed by atoms with Gasteiger partial charge in [-0.3, -0.25) is 4.90 Å². The van der Waals surface area contributed by atoms with E-state index in [0.29, 0.717) is 10.9 Å². The Labute approximate surface area is 121 Å². The predicted octanol–water partition coefficient (Wildman–Crippen LogP) is 2.30. The number of nitrogens with two attached hydrogens (primary N) is 1. The minimum Gasteiger partial charge on any atom is -0.462 e. The van der Waals surface area contributed by atoms with Crippen molar-refractivity contribution in [2.45, 2.75) is 6.92 Å². The van der Waals surface area contributed by atoms with Gasteiger partial charge in [0, 0.05) is 11.1 Å². The molecule has 0 aliphatic carbocycles. The fraction of sp³-hybridized carbons (Fsp3) is 0.143. The summed E-state index contributed by atoms with van der Waals surface area (Å²) in [5, 5.41) is 11.4. The van der Waals surface area contributed by atoms with Gasteiger partial charge in [-0.2, -0.15) is 5.26 Å². The molecule has 0 saturated carbocycles. The molecule has 5 nitrogen and oxygen atoms in total. The number of nitriles is 1. The monoisotopic (exact) mass is 287 g/mol. The zero-order valence-corrected chi connectivity index (χ0v) is 11.7. The van der Waals surface area contributed by atoms with Crippen molar-refractivity contribution in [3.8, 4) is 6.07 Å². The molecule has 0 atom stereocenters. The molecule has 1 aromatic carbocycles. The van der Waals surface area contributed by atoms with Gasteiger partial charge in [-0.25, -0.2) is 4.79 Å². The standard InChI is InChI=1S/C14H13N3O2S/c1-2-19-14(18)11(8-15)13-17(12(16)9-20-13)10-6-4-3-5-7-10/h3-7,9H,2,16H2,1H3. The lowest BCUT2D eigenvalue weighted by Crippen LogP contribution is -2.24. The van der Waals surface area contributed by atoms with Crippen molar-refractivity contribution in [2.24, 2.45) is 5.73 Å². The fourth-order valence-corrected chi connectivity index (χ4v) is 2.64. The lowest BCUT2D eigenvalue weighted by Gasteiger charge is -2.21. The molecular weight excluding hydrogens is 274 g/mol. The van der Waals surface area contributed by atoms with Gasteiger partial charge in [-0.1, -0.05) is 30.0 Å². The Balaban J connectivity index is 2.46. The van der Waals surface area contributed by atoms with E-state index in [0.717, 1.165) is 5.69 Å². The maximum absolute atomic E-state index is 11.8. The van der Waals surface area contributed by atoms with Crippen LogP contribution in [0.2, 0.25) is 0 Å². The number of para-hydroxylation sites is 1. The highest BCUT2D eigenvalue weighted by Crippen LogP contribution is 2.38. The predicted molar refractivity (Wildman–Crippen MR) is 78.1 cm³/mol. The number of hydrogen-bond donors (Lipinski definition) is 1. The summed E-state index contributed by atoms with van der Waals surface area (Å²) in [5.41, 5.74) is 6.68. The third-order valence-corrected chi connectivity index (χ3v) is 3.54. The van der Waals surface area contributed by atoms with Gasteiger partial charge in [-0.05, 0) is 19.1 Å². The second-order valence-electron chi connectivity index (χ2n) is 3.84.